The van der Waals surface area contributed by atoms with Gasteiger partial charge < -0.3 is 15.8 Å². The summed E-state index contributed by atoms with van der Waals surface area (Å²) in [7, 11) is 0. The first-order valence-corrected chi connectivity index (χ1v) is 8.78. The number of esters is 1. The number of nitrogen functional groups attached to an aromatic ring is 1. The molecule has 1 aromatic heterocycles. The topological polar surface area (TPSA) is 105 Å². The summed E-state index contributed by atoms with van der Waals surface area (Å²) in [5.41, 5.74) is 7.81. The zero-order valence-corrected chi connectivity index (χ0v) is 14.3. The van der Waals surface area contributed by atoms with Gasteiger partial charge >= 0.3 is 5.97 Å². The van der Waals surface area contributed by atoms with Crippen LogP contribution in [0.4, 0.5) is 10.7 Å². The minimum atomic E-state index is -0.653. The molecule has 6 nitrogen and oxygen atoms in total. The highest BCUT2D eigenvalue weighted by molar-refractivity contribution is 7.16. The van der Waals surface area contributed by atoms with E-state index in [0.717, 1.165) is 36.1 Å². The fourth-order valence-electron chi connectivity index (χ4n) is 2.83. The predicted octanol–water partition coefficient (Wildman–Crippen LogP) is 2.88. The minimum Gasteiger partial charge on any atom is -0.452 e. The molecule has 0 spiro atoms. The first kappa shape index (κ1) is 17.0. The second-order valence-corrected chi connectivity index (χ2v) is 6.84. The molecule has 0 fully saturated rings. The van der Waals surface area contributed by atoms with E-state index in [0.29, 0.717) is 16.3 Å². The third kappa shape index (κ3) is 3.64. The average molecular weight is 355 g/mol. The van der Waals surface area contributed by atoms with Gasteiger partial charge in [-0.05, 0) is 43.4 Å². The molecule has 0 bridgehead atoms. The van der Waals surface area contributed by atoms with Crippen molar-refractivity contribution in [2.75, 3.05) is 17.7 Å². The molecule has 0 saturated heterocycles. The second kappa shape index (κ2) is 7.36. The molecule has 0 unspecified atom stereocenters. The Morgan fingerprint density at radius 1 is 1.28 bits per heavy atom. The van der Waals surface area contributed by atoms with Gasteiger partial charge in [0, 0.05) is 10.6 Å². The summed E-state index contributed by atoms with van der Waals surface area (Å²) >= 11 is 1.43. The van der Waals surface area contributed by atoms with Crippen molar-refractivity contribution < 1.29 is 14.3 Å². The number of nitrogens with one attached hydrogen (secondary N) is 1. The lowest BCUT2D eigenvalue weighted by atomic mass is 9.96. The van der Waals surface area contributed by atoms with Crippen molar-refractivity contribution in [2.45, 2.75) is 25.7 Å². The Labute approximate surface area is 149 Å². The fourth-order valence-corrected chi connectivity index (χ4v) is 4.08. The number of nitriles is 1. The number of anilines is 2. The monoisotopic (exact) mass is 355 g/mol. The second-order valence-electron chi connectivity index (χ2n) is 5.74. The maximum absolute atomic E-state index is 12.1. The molecule has 1 aliphatic rings. The smallest absolute Gasteiger partial charge is 0.340 e. The fraction of sp³-hybridized carbons (Fsp3) is 0.278. The SMILES string of the molecule is N#Cc1c(NC(=O)COC(=O)c2ccccc2N)sc2c1CCCC2. The largest absolute Gasteiger partial charge is 0.452 e. The lowest BCUT2D eigenvalue weighted by Gasteiger charge is -2.09. The van der Waals surface area contributed by atoms with Gasteiger partial charge in [0.05, 0.1) is 11.1 Å². The summed E-state index contributed by atoms with van der Waals surface area (Å²) in [5, 5.41) is 12.6. The summed E-state index contributed by atoms with van der Waals surface area (Å²) in [5.74, 6) is -1.13. The van der Waals surface area contributed by atoms with Crippen LogP contribution in [0.1, 0.15) is 39.2 Å². The van der Waals surface area contributed by atoms with E-state index in [1.165, 1.54) is 17.4 Å². The molecule has 1 heterocycles. The highest BCUT2D eigenvalue weighted by Gasteiger charge is 2.22. The Morgan fingerprint density at radius 3 is 2.80 bits per heavy atom. The van der Waals surface area contributed by atoms with Gasteiger partial charge in [-0.15, -0.1) is 11.3 Å². The molecule has 1 aromatic carbocycles. The quantitative estimate of drug-likeness (QED) is 0.648. The maximum Gasteiger partial charge on any atom is 0.340 e. The summed E-state index contributed by atoms with van der Waals surface area (Å²) in [4.78, 5) is 25.2. The van der Waals surface area contributed by atoms with Gasteiger partial charge in [-0.2, -0.15) is 5.26 Å². The number of fused-ring (bicyclic) bond motifs is 1. The van der Waals surface area contributed by atoms with Gasteiger partial charge in [0.15, 0.2) is 6.61 Å². The molecule has 0 radical (unpaired) electrons. The molecule has 128 valence electrons. The van der Waals surface area contributed by atoms with E-state index in [-0.39, 0.29) is 5.56 Å². The third-order valence-corrected chi connectivity index (χ3v) is 5.26. The lowest BCUT2D eigenvalue weighted by molar-refractivity contribution is -0.119. The van der Waals surface area contributed by atoms with E-state index < -0.39 is 18.5 Å². The normalized spacial score (nSPS) is 12.8. The average Bonchev–Trinajstić information content (AvgIpc) is 2.97. The van der Waals surface area contributed by atoms with E-state index in [1.807, 2.05) is 0 Å². The number of rotatable bonds is 4. The molecule has 3 rings (SSSR count). The summed E-state index contributed by atoms with van der Waals surface area (Å²) < 4.78 is 5.01. The molecule has 3 N–H and O–H groups in total. The van der Waals surface area contributed by atoms with E-state index in [1.54, 1.807) is 18.2 Å². The Morgan fingerprint density at radius 2 is 2.04 bits per heavy atom. The van der Waals surface area contributed by atoms with Crippen molar-refractivity contribution in [2.24, 2.45) is 0 Å². The van der Waals surface area contributed by atoms with E-state index in [9.17, 15) is 14.9 Å². The minimum absolute atomic E-state index is 0.222. The number of nitrogens with two attached hydrogens (primary N) is 1. The number of thiophene rings is 1. The first-order valence-electron chi connectivity index (χ1n) is 7.96. The number of carbonyl (C=O) groups is 2. The van der Waals surface area contributed by atoms with Crippen LogP contribution in [0.15, 0.2) is 24.3 Å². The van der Waals surface area contributed by atoms with Crippen molar-refractivity contribution in [3.8, 4) is 6.07 Å². The molecule has 0 saturated carbocycles. The highest BCUT2D eigenvalue weighted by atomic mass is 32.1. The van der Waals surface area contributed by atoms with E-state index in [4.69, 9.17) is 10.5 Å². The molecule has 1 aliphatic carbocycles. The lowest BCUT2D eigenvalue weighted by Crippen LogP contribution is -2.21. The number of ether oxygens (including phenoxy) is 1. The van der Waals surface area contributed by atoms with Crippen molar-refractivity contribution >= 4 is 33.9 Å². The van der Waals surface area contributed by atoms with E-state index in [2.05, 4.69) is 11.4 Å². The van der Waals surface area contributed by atoms with Crippen molar-refractivity contribution in [3.63, 3.8) is 0 Å². The molecular weight excluding hydrogens is 338 g/mol. The van der Waals surface area contributed by atoms with Crippen LogP contribution in [0.3, 0.4) is 0 Å². The van der Waals surface area contributed by atoms with Crippen LogP contribution in [0, 0.1) is 11.3 Å². The van der Waals surface area contributed by atoms with Crippen LogP contribution in [0.25, 0.3) is 0 Å². The summed E-state index contributed by atoms with van der Waals surface area (Å²) in [6, 6.07) is 8.68. The van der Waals surface area contributed by atoms with Gasteiger partial charge in [-0.1, -0.05) is 12.1 Å². The zero-order valence-electron chi connectivity index (χ0n) is 13.5. The maximum atomic E-state index is 12.1. The highest BCUT2D eigenvalue weighted by Crippen LogP contribution is 2.37. The molecular formula is C18H17N3O3S. The number of hydrogen-bond acceptors (Lipinski definition) is 6. The van der Waals surface area contributed by atoms with Crippen LogP contribution >= 0.6 is 11.3 Å². The number of amides is 1. The summed E-state index contributed by atoms with van der Waals surface area (Å²) in [6.45, 7) is -0.430. The number of carbonyl (C=O) groups excluding carboxylic acids is 2. The van der Waals surface area contributed by atoms with Crippen LogP contribution in [-0.2, 0) is 22.4 Å². The predicted molar refractivity (Wildman–Crippen MR) is 95.4 cm³/mol. The standard InChI is InChI=1S/C18H17N3O3S/c19-9-13-11-5-2-4-8-15(11)25-17(13)21-16(22)10-24-18(23)12-6-1-3-7-14(12)20/h1,3,6-7H,2,4-5,8,10,20H2,(H,21,22). The molecule has 25 heavy (non-hydrogen) atoms. The van der Waals surface area contributed by atoms with Gasteiger partial charge in [-0.3, -0.25) is 4.79 Å². The first-order chi connectivity index (χ1) is 12.1. The molecule has 1 amide bonds. The molecule has 0 aliphatic heterocycles. The Bertz CT molecular complexity index is 867. The Balaban J connectivity index is 1.64. The Hall–Kier alpha value is -2.85. The number of nitrogens with zero attached hydrogens (tertiary/aromatic N) is 1. The number of aryl methyl sites for hydroxylation is 1. The Kier molecular flexibility index (Phi) is 5.00. The van der Waals surface area contributed by atoms with Crippen LogP contribution in [-0.4, -0.2) is 18.5 Å². The van der Waals surface area contributed by atoms with Crippen molar-refractivity contribution in [1.82, 2.24) is 0 Å². The molecule has 7 heteroatoms. The van der Waals surface area contributed by atoms with Gasteiger partial charge in [0.25, 0.3) is 5.91 Å². The number of benzene rings is 1. The zero-order chi connectivity index (χ0) is 17.8. The van der Waals surface area contributed by atoms with Crippen molar-refractivity contribution in [1.29, 1.82) is 5.26 Å². The van der Waals surface area contributed by atoms with Crippen LogP contribution < -0.4 is 11.1 Å². The number of para-hydroxylation sites is 1. The van der Waals surface area contributed by atoms with Crippen LogP contribution in [0.5, 0.6) is 0 Å². The number of hydrogen-bond donors (Lipinski definition) is 2. The van der Waals surface area contributed by atoms with E-state index >= 15 is 0 Å². The third-order valence-electron chi connectivity index (χ3n) is 4.05. The molecule has 0 atom stereocenters. The molecule has 2 aromatic rings. The summed E-state index contributed by atoms with van der Waals surface area (Å²) in [6.07, 6.45) is 3.96. The van der Waals surface area contributed by atoms with Gasteiger partial charge in [0.1, 0.15) is 11.1 Å². The van der Waals surface area contributed by atoms with Crippen molar-refractivity contribution in [3.05, 3.63) is 45.8 Å². The van der Waals surface area contributed by atoms with Gasteiger partial charge in [0.2, 0.25) is 0 Å². The van der Waals surface area contributed by atoms with Crippen LogP contribution in [0.2, 0.25) is 0 Å². The van der Waals surface area contributed by atoms with Gasteiger partial charge in [-0.25, -0.2) is 4.79 Å².